The second-order valence-electron chi connectivity index (χ2n) is 7.30. The van der Waals surface area contributed by atoms with Crippen molar-refractivity contribution in [1.82, 2.24) is 9.97 Å². The van der Waals surface area contributed by atoms with Crippen LogP contribution in [0.15, 0.2) is 82.6 Å². The number of primary sulfonamides is 1. The summed E-state index contributed by atoms with van der Waals surface area (Å²) in [4.78, 5) is 9.12. The average molecular weight is 469 g/mol. The molecule has 0 aliphatic heterocycles. The van der Waals surface area contributed by atoms with E-state index in [0.29, 0.717) is 22.3 Å². The Balaban J connectivity index is 1.78. The molecule has 4 aromatic rings. The van der Waals surface area contributed by atoms with Crippen molar-refractivity contribution in [2.24, 2.45) is 5.14 Å². The van der Waals surface area contributed by atoms with Crippen molar-refractivity contribution in [1.29, 1.82) is 0 Å². The molecular formula is C22H20N4O4S2. The van der Waals surface area contributed by atoms with Gasteiger partial charge in [-0.3, -0.25) is 4.72 Å². The van der Waals surface area contributed by atoms with Crippen molar-refractivity contribution in [3.63, 3.8) is 0 Å². The van der Waals surface area contributed by atoms with Crippen LogP contribution in [0.2, 0.25) is 0 Å². The number of aryl methyl sites for hydroxylation is 1. The molecule has 32 heavy (non-hydrogen) atoms. The monoisotopic (exact) mass is 468 g/mol. The number of anilines is 1. The summed E-state index contributed by atoms with van der Waals surface area (Å²) in [5, 5.41) is 5.23. The largest absolute Gasteiger partial charge is 0.263 e. The zero-order chi connectivity index (χ0) is 22.9. The minimum atomic E-state index is -3.91. The number of sulfonamides is 2. The molecule has 4 rings (SSSR count). The van der Waals surface area contributed by atoms with Gasteiger partial charge in [-0.15, -0.1) is 0 Å². The fourth-order valence-corrected chi connectivity index (χ4v) is 4.79. The van der Waals surface area contributed by atoms with Crippen LogP contribution in [-0.2, 0) is 26.5 Å². The van der Waals surface area contributed by atoms with Crippen molar-refractivity contribution in [3.8, 4) is 0 Å². The van der Waals surface area contributed by atoms with E-state index in [-0.39, 0.29) is 22.0 Å². The Labute approximate surface area is 186 Å². The number of nitrogens with two attached hydrogens (primary N) is 1. The highest BCUT2D eigenvalue weighted by Gasteiger charge is 2.19. The Morgan fingerprint density at radius 3 is 2.12 bits per heavy atom. The van der Waals surface area contributed by atoms with Crippen LogP contribution < -0.4 is 9.86 Å². The third-order valence-corrected chi connectivity index (χ3v) is 7.07. The SMILES string of the molecule is Cc1ccc(S(=O)(=O)Nc2nc3ccccc3nc2Cc2cccc(S(N)(=O)=O)c2)cc1. The molecule has 0 fully saturated rings. The summed E-state index contributed by atoms with van der Waals surface area (Å²) in [5.41, 5.74) is 2.99. The van der Waals surface area contributed by atoms with Crippen LogP contribution in [0, 0.1) is 6.92 Å². The van der Waals surface area contributed by atoms with Gasteiger partial charge in [0, 0.05) is 6.42 Å². The topological polar surface area (TPSA) is 132 Å². The molecule has 0 aliphatic carbocycles. The third kappa shape index (κ3) is 4.77. The highest BCUT2D eigenvalue weighted by Crippen LogP contribution is 2.24. The van der Waals surface area contributed by atoms with E-state index in [1.807, 2.05) is 6.92 Å². The Bertz CT molecular complexity index is 1520. The van der Waals surface area contributed by atoms with Crippen LogP contribution in [0.4, 0.5) is 5.82 Å². The molecule has 0 amide bonds. The maximum atomic E-state index is 13.0. The van der Waals surface area contributed by atoms with E-state index in [1.165, 1.54) is 24.3 Å². The Morgan fingerprint density at radius 1 is 0.812 bits per heavy atom. The van der Waals surface area contributed by atoms with E-state index in [1.54, 1.807) is 48.5 Å². The lowest BCUT2D eigenvalue weighted by molar-refractivity contribution is 0.597. The lowest BCUT2D eigenvalue weighted by atomic mass is 10.1. The molecule has 0 saturated heterocycles. The molecule has 0 saturated carbocycles. The van der Waals surface area contributed by atoms with Gasteiger partial charge in [-0.25, -0.2) is 31.9 Å². The Morgan fingerprint density at radius 2 is 1.47 bits per heavy atom. The van der Waals surface area contributed by atoms with Crippen LogP contribution in [0.3, 0.4) is 0 Å². The molecule has 1 heterocycles. The van der Waals surface area contributed by atoms with Crippen LogP contribution >= 0.6 is 0 Å². The standard InChI is InChI=1S/C22H20N4O4S2/c1-15-9-11-17(12-10-15)32(29,30)26-22-21(24-19-7-2-3-8-20(19)25-22)14-16-5-4-6-18(13-16)31(23,27)28/h2-13H,14H2,1H3,(H,25,26)(H2,23,27,28). The number of benzene rings is 3. The third-order valence-electron chi connectivity index (χ3n) is 4.80. The van der Waals surface area contributed by atoms with Crippen LogP contribution in [0.25, 0.3) is 11.0 Å². The highest BCUT2D eigenvalue weighted by atomic mass is 32.2. The molecule has 0 bridgehead atoms. The first-order valence-electron chi connectivity index (χ1n) is 9.59. The van der Waals surface area contributed by atoms with Gasteiger partial charge in [0.25, 0.3) is 10.0 Å². The number of fused-ring (bicyclic) bond motifs is 1. The zero-order valence-electron chi connectivity index (χ0n) is 17.1. The van der Waals surface area contributed by atoms with Gasteiger partial charge in [-0.05, 0) is 48.9 Å². The fraction of sp³-hybridized carbons (Fsp3) is 0.0909. The summed E-state index contributed by atoms with van der Waals surface area (Å²) in [6, 6.07) is 19.6. The molecule has 0 atom stereocenters. The molecule has 3 aromatic carbocycles. The number of rotatable bonds is 6. The molecule has 0 spiro atoms. The Kier molecular flexibility index (Phi) is 5.68. The number of para-hydroxylation sites is 2. The summed E-state index contributed by atoms with van der Waals surface area (Å²) in [6.45, 7) is 1.87. The molecule has 0 aliphatic rings. The van der Waals surface area contributed by atoms with Gasteiger partial charge in [-0.2, -0.15) is 0 Å². The van der Waals surface area contributed by atoms with Crippen molar-refractivity contribution in [3.05, 3.63) is 89.6 Å². The maximum absolute atomic E-state index is 13.0. The van der Waals surface area contributed by atoms with E-state index in [2.05, 4.69) is 14.7 Å². The van der Waals surface area contributed by atoms with Crippen molar-refractivity contribution < 1.29 is 16.8 Å². The maximum Gasteiger partial charge on any atom is 0.263 e. The van der Waals surface area contributed by atoms with E-state index >= 15 is 0 Å². The number of nitrogens with one attached hydrogen (secondary N) is 1. The molecular weight excluding hydrogens is 448 g/mol. The minimum absolute atomic E-state index is 0.0365. The van der Waals surface area contributed by atoms with E-state index < -0.39 is 20.0 Å². The summed E-state index contributed by atoms with van der Waals surface area (Å²) >= 11 is 0. The van der Waals surface area contributed by atoms with Crippen LogP contribution in [-0.4, -0.2) is 26.8 Å². The van der Waals surface area contributed by atoms with Gasteiger partial charge in [0.2, 0.25) is 10.0 Å². The van der Waals surface area contributed by atoms with Gasteiger partial charge in [0.15, 0.2) is 5.82 Å². The first-order chi connectivity index (χ1) is 15.1. The van der Waals surface area contributed by atoms with Gasteiger partial charge < -0.3 is 0 Å². The molecule has 164 valence electrons. The predicted molar refractivity (Wildman–Crippen MR) is 122 cm³/mol. The summed E-state index contributed by atoms with van der Waals surface area (Å²) in [7, 11) is -7.79. The predicted octanol–water partition coefficient (Wildman–Crippen LogP) is 2.98. The molecule has 8 nitrogen and oxygen atoms in total. The number of hydrogen-bond acceptors (Lipinski definition) is 6. The van der Waals surface area contributed by atoms with Crippen LogP contribution in [0.1, 0.15) is 16.8 Å². The second-order valence-corrected chi connectivity index (χ2v) is 10.5. The normalized spacial score (nSPS) is 12.1. The van der Waals surface area contributed by atoms with Gasteiger partial charge in [0.05, 0.1) is 26.5 Å². The molecule has 0 unspecified atom stereocenters. The molecule has 3 N–H and O–H groups in total. The molecule has 10 heteroatoms. The zero-order valence-corrected chi connectivity index (χ0v) is 18.7. The average Bonchev–Trinajstić information content (AvgIpc) is 2.74. The smallest absolute Gasteiger partial charge is 0.262 e. The van der Waals surface area contributed by atoms with E-state index in [9.17, 15) is 16.8 Å². The fourth-order valence-electron chi connectivity index (χ4n) is 3.17. The highest BCUT2D eigenvalue weighted by molar-refractivity contribution is 7.92. The number of hydrogen-bond donors (Lipinski definition) is 2. The lowest BCUT2D eigenvalue weighted by Crippen LogP contribution is -2.16. The van der Waals surface area contributed by atoms with Crippen molar-refractivity contribution in [2.45, 2.75) is 23.1 Å². The van der Waals surface area contributed by atoms with Gasteiger partial charge in [0.1, 0.15) is 0 Å². The minimum Gasteiger partial charge on any atom is -0.262 e. The van der Waals surface area contributed by atoms with Crippen molar-refractivity contribution in [2.75, 3.05) is 4.72 Å². The first kappa shape index (κ1) is 21.9. The quantitative estimate of drug-likeness (QED) is 0.447. The Hall–Kier alpha value is -3.34. The lowest BCUT2D eigenvalue weighted by Gasteiger charge is -2.13. The molecule has 0 radical (unpaired) electrons. The van der Waals surface area contributed by atoms with Crippen LogP contribution in [0.5, 0.6) is 0 Å². The number of aromatic nitrogens is 2. The van der Waals surface area contributed by atoms with E-state index in [4.69, 9.17) is 5.14 Å². The second kappa shape index (κ2) is 8.30. The van der Waals surface area contributed by atoms with Gasteiger partial charge in [-0.1, -0.05) is 42.0 Å². The van der Waals surface area contributed by atoms with E-state index in [0.717, 1.165) is 5.56 Å². The number of nitrogens with zero attached hydrogens (tertiary/aromatic N) is 2. The molecule has 1 aromatic heterocycles. The summed E-state index contributed by atoms with van der Waals surface area (Å²) in [5.74, 6) is 0.0743. The summed E-state index contributed by atoms with van der Waals surface area (Å²) in [6.07, 6.45) is 0.146. The first-order valence-corrected chi connectivity index (χ1v) is 12.6. The van der Waals surface area contributed by atoms with Gasteiger partial charge >= 0.3 is 0 Å². The van der Waals surface area contributed by atoms with Crippen molar-refractivity contribution >= 4 is 36.9 Å². The summed E-state index contributed by atoms with van der Waals surface area (Å²) < 4.78 is 51.9.